The Labute approximate surface area is 254 Å². The Morgan fingerprint density at radius 2 is 1.69 bits per heavy atom. The normalized spacial score (nSPS) is 13.7. The number of hydrazone groups is 1. The van der Waals surface area contributed by atoms with Gasteiger partial charge in [0.2, 0.25) is 0 Å². The van der Waals surface area contributed by atoms with Gasteiger partial charge in [0.25, 0.3) is 11.8 Å². The topological polar surface area (TPSA) is 89.9 Å². The van der Waals surface area contributed by atoms with Gasteiger partial charge in [0.1, 0.15) is 5.82 Å². The molecule has 0 unspecified atom stereocenters. The standard InChI is InChI=1S/C33H33BrN6O2/c1-23-6-7-26(19-24(23)2)21-36-38-33(42)29-20-28(34)12-13-30(29)37-32(41)27-10-8-25(9-11-27)22-39-15-17-40(18-16-39)31-5-3-4-14-35-31/h3-14,19-21H,15-18,22H2,1-2H3,(H,37,41)(H,38,42)/b36-21+. The van der Waals surface area contributed by atoms with Gasteiger partial charge < -0.3 is 10.2 Å². The quantitative estimate of drug-likeness (QED) is 0.191. The van der Waals surface area contributed by atoms with Crippen molar-refractivity contribution < 1.29 is 9.59 Å². The zero-order valence-corrected chi connectivity index (χ0v) is 25.3. The molecule has 214 valence electrons. The highest BCUT2D eigenvalue weighted by Crippen LogP contribution is 2.22. The smallest absolute Gasteiger partial charge is 0.273 e. The van der Waals surface area contributed by atoms with E-state index in [1.54, 1.807) is 24.4 Å². The number of pyridine rings is 1. The summed E-state index contributed by atoms with van der Waals surface area (Å²) in [5, 5.41) is 7.00. The summed E-state index contributed by atoms with van der Waals surface area (Å²) >= 11 is 3.42. The average Bonchev–Trinajstić information content (AvgIpc) is 3.01. The van der Waals surface area contributed by atoms with Crippen LogP contribution in [-0.4, -0.2) is 54.1 Å². The average molecular weight is 626 g/mol. The van der Waals surface area contributed by atoms with Gasteiger partial charge in [0, 0.05) is 49.0 Å². The molecular weight excluding hydrogens is 592 g/mol. The van der Waals surface area contributed by atoms with E-state index in [0.29, 0.717) is 21.3 Å². The van der Waals surface area contributed by atoms with Crippen LogP contribution in [0.5, 0.6) is 0 Å². The van der Waals surface area contributed by atoms with Crippen LogP contribution in [0, 0.1) is 13.8 Å². The molecule has 1 saturated heterocycles. The van der Waals surface area contributed by atoms with Gasteiger partial charge in [-0.1, -0.05) is 52.3 Å². The van der Waals surface area contributed by atoms with Crippen LogP contribution in [-0.2, 0) is 6.54 Å². The summed E-state index contributed by atoms with van der Waals surface area (Å²) in [6, 6.07) is 24.7. The Bertz CT molecular complexity index is 1580. The van der Waals surface area contributed by atoms with Crippen LogP contribution in [0.1, 0.15) is 43.0 Å². The van der Waals surface area contributed by atoms with Crippen molar-refractivity contribution in [2.24, 2.45) is 5.10 Å². The molecule has 2 amide bonds. The number of anilines is 2. The Kier molecular flexibility index (Phi) is 9.41. The molecule has 1 aliphatic heterocycles. The van der Waals surface area contributed by atoms with E-state index >= 15 is 0 Å². The number of benzene rings is 3. The minimum absolute atomic E-state index is 0.291. The van der Waals surface area contributed by atoms with Crippen molar-refractivity contribution >= 4 is 45.5 Å². The number of nitrogens with zero attached hydrogens (tertiary/aromatic N) is 4. The SMILES string of the molecule is Cc1ccc(/C=N/NC(=O)c2cc(Br)ccc2NC(=O)c2ccc(CN3CCN(c4ccccn4)CC3)cc2)cc1C. The van der Waals surface area contributed by atoms with E-state index in [4.69, 9.17) is 0 Å². The molecule has 8 nitrogen and oxygen atoms in total. The number of hydrogen-bond donors (Lipinski definition) is 2. The Morgan fingerprint density at radius 1 is 0.905 bits per heavy atom. The number of aromatic nitrogens is 1. The fourth-order valence-electron chi connectivity index (χ4n) is 4.77. The van der Waals surface area contributed by atoms with E-state index in [0.717, 1.165) is 55.2 Å². The number of aryl methyl sites for hydroxylation is 2. The molecule has 0 radical (unpaired) electrons. The molecule has 1 fully saturated rings. The molecule has 1 aromatic heterocycles. The summed E-state index contributed by atoms with van der Waals surface area (Å²) in [5.74, 6) is 0.301. The van der Waals surface area contributed by atoms with Gasteiger partial charge in [-0.2, -0.15) is 5.10 Å². The Hall–Kier alpha value is -4.34. The number of amides is 2. The zero-order valence-electron chi connectivity index (χ0n) is 23.7. The number of carbonyl (C=O) groups is 2. The maximum Gasteiger partial charge on any atom is 0.273 e. The maximum atomic E-state index is 13.1. The predicted octanol–water partition coefficient (Wildman–Crippen LogP) is 5.80. The number of hydrogen-bond acceptors (Lipinski definition) is 6. The van der Waals surface area contributed by atoms with E-state index in [-0.39, 0.29) is 5.91 Å². The van der Waals surface area contributed by atoms with Crippen LogP contribution in [0.3, 0.4) is 0 Å². The van der Waals surface area contributed by atoms with Gasteiger partial charge in [-0.25, -0.2) is 10.4 Å². The number of halogens is 1. The van der Waals surface area contributed by atoms with Gasteiger partial charge in [0.15, 0.2) is 0 Å². The molecule has 2 heterocycles. The van der Waals surface area contributed by atoms with Crippen molar-refractivity contribution in [1.29, 1.82) is 0 Å². The second-order valence-corrected chi connectivity index (χ2v) is 11.3. The highest BCUT2D eigenvalue weighted by Gasteiger charge is 2.19. The van der Waals surface area contributed by atoms with Crippen LogP contribution in [0.15, 0.2) is 94.6 Å². The molecule has 0 aliphatic carbocycles. The number of nitrogens with one attached hydrogen (secondary N) is 2. The summed E-state index contributed by atoms with van der Waals surface area (Å²) in [7, 11) is 0. The van der Waals surface area contributed by atoms with Crippen LogP contribution in [0.2, 0.25) is 0 Å². The lowest BCUT2D eigenvalue weighted by molar-refractivity contribution is 0.0956. The lowest BCUT2D eigenvalue weighted by Gasteiger charge is -2.35. The molecule has 9 heteroatoms. The highest BCUT2D eigenvalue weighted by molar-refractivity contribution is 9.10. The van der Waals surface area contributed by atoms with Gasteiger partial charge >= 0.3 is 0 Å². The third kappa shape index (κ3) is 7.48. The first-order valence-corrected chi connectivity index (χ1v) is 14.6. The molecular formula is C33H33BrN6O2. The first kappa shape index (κ1) is 29.2. The van der Waals surface area contributed by atoms with Crippen molar-refractivity contribution in [3.05, 3.63) is 123 Å². The van der Waals surface area contributed by atoms with E-state index in [1.165, 1.54) is 5.56 Å². The fourth-order valence-corrected chi connectivity index (χ4v) is 5.14. The summed E-state index contributed by atoms with van der Waals surface area (Å²) < 4.78 is 0.717. The molecule has 0 saturated carbocycles. The third-order valence-corrected chi connectivity index (χ3v) is 7.85. The van der Waals surface area contributed by atoms with Crippen molar-refractivity contribution in [3.8, 4) is 0 Å². The zero-order chi connectivity index (χ0) is 29.5. The van der Waals surface area contributed by atoms with Crippen LogP contribution >= 0.6 is 15.9 Å². The van der Waals surface area contributed by atoms with E-state index < -0.39 is 5.91 Å². The molecule has 0 atom stereocenters. The molecule has 0 spiro atoms. The minimum Gasteiger partial charge on any atom is -0.354 e. The van der Waals surface area contributed by atoms with Crippen molar-refractivity contribution in [3.63, 3.8) is 0 Å². The maximum absolute atomic E-state index is 13.1. The van der Waals surface area contributed by atoms with Gasteiger partial charge in [-0.15, -0.1) is 0 Å². The largest absolute Gasteiger partial charge is 0.354 e. The van der Waals surface area contributed by atoms with Crippen molar-refractivity contribution in [2.75, 3.05) is 36.4 Å². The molecule has 5 rings (SSSR count). The predicted molar refractivity (Wildman–Crippen MR) is 171 cm³/mol. The van der Waals surface area contributed by atoms with Crippen molar-refractivity contribution in [1.82, 2.24) is 15.3 Å². The highest BCUT2D eigenvalue weighted by atomic mass is 79.9. The monoisotopic (exact) mass is 624 g/mol. The molecule has 1 aliphatic rings. The second kappa shape index (κ2) is 13.5. The first-order valence-electron chi connectivity index (χ1n) is 13.8. The first-order chi connectivity index (χ1) is 20.4. The third-order valence-electron chi connectivity index (χ3n) is 7.35. The number of piperazine rings is 1. The van der Waals surface area contributed by atoms with E-state index in [2.05, 4.69) is 46.6 Å². The van der Waals surface area contributed by atoms with Gasteiger partial charge in [-0.05, 0) is 78.6 Å². The summed E-state index contributed by atoms with van der Waals surface area (Å²) in [5.41, 5.74) is 8.15. The van der Waals surface area contributed by atoms with Gasteiger partial charge in [-0.3, -0.25) is 14.5 Å². The second-order valence-electron chi connectivity index (χ2n) is 10.3. The molecule has 2 N–H and O–H groups in total. The van der Waals surface area contributed by atoms with Crippen molar-refractivity contribution in [2.45, 2.75) is 20.4 Å². The Balaban J connectivity index is 1.17. The summed E-state index contributed by atoms with van der Waals surface area (Å²) in [6.07, 6.45) is 3.43. The minimum atomic E-state index is -0.426. The number of rotatable bonds is 8. The van der Waals surface area contributed by atoms with Crippen LogP contribution in [0.4, 0.5) is 11.5 Å². The van der Waals surface area contributed by atoms with Gasteiger partial charge in [0.05, 0.1) is 17.5 Å². The number of carbonyl (C=O) groups excluding carboxylic acids is 2. The summed E-state index contributed by atoms with van der Waals surface area (Å²) in [6.45, 7) is 8.64. The molecule has 42 heavy (non-hydrogen) atoms. The fraction of sp³-hybridized carbons (Fsp3) is 0.212. The van der Waals surface area contributed by atoms with E-state index in [9.17, 15) is 9.59 Å². The lowest BCUT2D eigenvalue weighted by atomic mass is 10.1. The van der Waals surface area contributed by atoms with Crippen LogP contribution in [0.25, 0.3) is 0 Å². The van der Waals surface area contributed by atoms with Crippen LogP contribution < -0.4 is 15.6 Å². The molecule has 3 aromatic carbocycles. The Morgan fingerprint density at radius 3 is 2.40 bits per heavy atom. The molecule has 0 bridgehead atoms. The summed E-state index contributed by atoms with van der Waals surface area (Å²) in [4.78, 5) is 35.2. The molecule has 4 aromatic rings. The lowest BCUT2D eigenvalue weighted by Crippen LogP contribution is -2.46. The van der Waals surface area contributed by atoms with E-state index in [1.807, 2.05) is 80.7 Å².